The van der Waals surface area contributed by atoms with Crippen molar-refractivity contribution in [1.29, 1.82) is 0 Å². The molecular weight excluding hydrogens is 381 g/mol. The van der Waals surface area contributed by atoms with Gasteiger partial charge in [0.1, 0.15) is 5.82 Å². The zero-order chi connectivity index (χ0) is 19.6. The zero-order valence-corrected chi connectivity index (χ0v) is 16.4. The van der Waals surface area contributed by atoms with Crippen LogP contribution in [0.4, 0.5) is 9.52 Å². The smallest absolute Gasteiger partial charge is 0.207 e. The van der Waals surface area contributed by atoms with Gasteiger partial charge in [-0.05, 0) is 35.4 Å². The molecule has 0 spiro atoms. The zero-order valence-electron chi connectivity index (χ0n) is 15.6. The summed E-state index contributed by atoms with van der Waals surface area (Å²) < 4.78 is 13.3. The van der Waals surface area contributed by atoms with Crippen LogP contribution in [-0.4, -0.2) is 10.7 Å². The van der Waals surface area contributed by atoms with Gasteiger partial charge in [0.25, 0.3) is 0 Å². The summed E-state index contributed by atoms with van der Waals surface area (Å²) >= 11 is 1.56. The van der Waals surface area contributed by atoms with Gasteiger partial charge in [0.15, 0.2) is 0 Å². The molecule has 4 aromatic rings. The molecule has 3 aromatic carbocycles. The largest absolute Gasteiger partial charge is 0.231 e. The van der Waals surface area contributed by atoms with E-state index in [-0.39, 0.29) is 11.9 Å². The number of aromatic nitrogens is 1. The molecule has 0 aliphatic carbocycles. The second-order valence-electron chi connectivity index (χ2n) is 6.91. The molecule has 142 valence electrons. The van der Waals surface area contributed by atoms with Gasteiger partial charge >= 0.3 is 0 Å². The van der Waals surface area contributed by atoms with Gasteiger partial charge in [0, 0.05) is 17.4 Å². The first kappa shape index (κ1) is 17.8. The monoisotopic (exact) mass is 399 g/mol. The number of rotatable bonds is 4. The van der Waals surface area contributed by atoms with Crippen molar-refractivity contribution in [2.75, 3.05) is 5.01 Å². The van der Waals surface area contributed by atoms with Crippen LogP contribution >= 0.6 is 11.3 Å². The Balaban J connectivity index is 1.53. The Labute approximate surface area is 172 Å². The molecule has 0 amide bonds. The van der Waals surface area contributed by atoms with Crippen LogP contribution in [0, 0.1) is 5.82 Å². The Morgan fingerprint density at radius 3 is 2.24 bits per heavy atom. The van der Waals surface area contributed by atoms with E-state index in [1.165, 1.54) is 17.7 Å². The van der Waals surface area contributed by atoms with E-state index in [1.54, 1.807) is 23.5 Å². The Morgan fingerprint density at radius 2 is 1.52 bits per heavy atom. The molecule has 0 N–H and O–H groups in total. The van der Waals surface area contributed by atoms with Gasteiger partial charge in [0.05, 0.1) is 17.4 Å². The highest BCUT2D eigenvalue weighted by Gasteiger charge is 2.31. The van der Waals surface area contributed by atoms with E-state index < -0.39 is 0 Å². The van der Waals surface area contributed by atoms with Crippen LogP contribution in [0.25, 0.3) is 11.3 Å². The number of hydrogen-bond donors (Lipinski definition) is 0. The van der Waals surface area contributed by atoms with E-state index in [2.05, 4.69) is 36.4 Å². The van der Waals surface area contributed by atoms with Gasteiger partial charge in [0.2, 0.25) is 5.13 Å². The lowest BCUT2D eigenvalue weighted by Gasteiger charge is -2.21. The maximum absolute atomic E-state index is 13.3. The highest BCUT2D eigenvalue weighted by molar-refractivity contribution is 7.14. The predicted molar refractivity (Wildman–Crippen MR) is 117 cm³/mol. The first-order chi connectivity index (χ1) is 14.3. The van der Waals surface area contributed by atoms with Crippen molar-refractivity contribution in [3.05, 3.63) is 107 Å². The average Bonchev–Trinajstić information content (AvgIpc) is 3.43. The fourth-order valence-electron chi connectivity index (χ4n) is 3.55. The van der Waals surface area contributed by atoms with E-state index in [1.807, 2.05) is 34.7 Å². The number of thiazole rings is 1. The van der Waals surface area contributed by atoms with Crippen molar-refractivity contribution in [3.8, 4) is 11.3 Å². The second-order valence-corrected chi connectivity index (χ2v) is 7.75. The summed E-state index contributed by atoms with van der Waals surface area (Å²) in [5.74, 6) is -0.245. The molecule has 1 aromatic heterocycles. The molecule has 5 heteroatoms. The fraction of sp³-hybridized carbons (Fsp3) is 0.0833. The van der Waals surface area contributed by atoms with Crippen LogP contribution in [0.3, 0.4) is 0 Å². The third-order valence-electron chi connectivity index (χ3n) is 5.03. The van der Waals surface area contributed by atoms with E-state index in [4.69, 9.17) is 10.1 Å². The quantitative estimate of drug-likeness (QED) is 0.403. The van der Waals surface area contributed by atoms with Crippen molar-refractivity contribution >= 4 is 22.2 Å². The van der Waals surface area contributed by atoms with Gasteiger partial charge < -0.3 is 0 Å². The number of hydrogen-bond acceptors (Lipinski definition) is 4. The molecule has 0 saturated carbocycles. The summed E-state index contributed by atoms with van der Waals surface area (Å²) in [6.45, 7) is 0. The standard InChI is InChI=1S/C24H18FN3S/c25-20-13-11-18(12-14-20)22-16-29-24(26-22)28-23(19-9-5-2-6-10-19)15-21(27-28)17-7-3-1-4-8-17/h1-14,16,23H,15H2. The van der Waals surface area contributed by atoms with Gasteiger partial charge in [-0.25, -0.2) is 14.4 Å². The normalized spacial score (nSPS) is 16.1. The van der Waals surface area contributed by atoms with Gasteiger partial charge in [-0.1, -0.05) is 60.7 Å². The lowest BCUT2D eigenvalue weighted by Crippen LogP contribution is -2.18. The Hall–Kier alpha value is -3.31. The molecule has 1 unspecified atom stereocenters. The van der Waals surface area contributed by atoms with Gasteiger partial charge in [-0.3, -0.25) is 0 Å². The SMILES string of the molecule is Fc1ccc(-c2csc(N3N=C(c4ccccc4)CC3c3ccccc3)n2)cc1. The third-order valence-corrected chi connectivity index (χ3v) is 5.86. The first-order valence-corrected chi connectivity index (χ1v) is 10.3. The molecule has 3 nitrogen and oxygen atoms in total. The molecule has 1 aliphatic rings. The number of anilines is 1. The molecule has 1 atom stereocenters. The molecular formula is C24H18FN3S. The van der Waals surface area contributed by atoms with Gasteiger partial charge in [-0.15, -0.1) is 11.3 Å². The van der Waals surface area contributed by atoms with Crippen LogP contribution in [0.1, 0.15) is 23.6 Å². The highest BCUT2D eigenvalue weighted by Crippen LogP contribution is 2.39. The summed E-state index contributed by atoms with van der Waals surface area (Å²) in [6.07, 6.45) is 0.819. The van der Waals surface area contributed by atoms with Crippen molar-refractivity contribution in [1.82, 2.24) is 4.98 Å². The summed E-state index contributed by atoms with van der Waals surface area (Å²) in [6, 6.07) is 27.2. The number of benzene rings is 3. The number of halogens is 1. The topological polar surface area (TPSA) is 28.5 Å². The van der Waals surface area contributed by atoms with E-state index in [0.29, 0.717) is 0 Å². The molecule has 0 bridgehead atoms. The summed E-state index contributed by atoms with van der Waals surface area (Å²) in [5, 5.41) is 9.81. The van der Waals surface area contributed by atoms with Crippen LogP contribution < -0.4 is 5.01 Å². The Morgan fingerprint density at radius 1 is 0.828 bits per heavy atom. The minimum atomic E-state index is -0.245. The predicted octanol–water partition coefficient (Wildman–Crippen LogP) is 6.30. The minimum Gasteiger partial charge on any atom is -0.231 e. The molecule has 0 fully saturated rings. The number of nitrogens with zero attached hydrogens (tertiary/aromatic N) is 3. The summed E-state index contributed by atoms with van der Waals surface area (Å²) in [7, 11) is 0. The fourth-order valence-corrected chi connectivity index (χ4v) is 4.38. The Bertz CT molecular complexity index is 1140. The van der Waals surface area contributed by atoms with Crippen LogP contribution in [0.15, 0.2) is 95.4 Å². The van der Waals surface area contributed by atoms with Crippen LogP contribution in [-0.2, 0) is 0 Å². The minimum absolute atomic E-state index is 0.0959. The molecule has 0 radical (unpaired) electrons. The van der Waals surface area contributed by atoms with Gasteiger partial charge in [-0.2, -0.15) is 5.10 Å². The molecule has 2 heterocycles. The van der Waals surface area contributed by atoms with E-state index in [9.17, 15) is 4.39 Å². The van der Waals surface area contributed by atoms with Crippen molar-refractivity contribution in [2.24, 2.45) is 5.10 Å². The lowest BCUT2D eigenvalue weighted by molar-refractivity contribution is 0.628. The second kappa shape index (κ2) is 7.60. The average molecular weight is 399 g/mol. The molecule has 0 saturated heterocycles. The summed E-state index contributed by atoms with van der Waals surface area (Å²) in [4.78, 5) is 4.81. The van der Waals surface area contributed by atoms with Crippen LogP contribution in [0.2, 0.25) is 0 Å². The maximum Gasteiger partial charge on any atom is 0.207 e. The van der Waals surface area contributed by atoms with Crippen molar-refractivity contribution < 1.29 is 4.39 Å². The van der Waals surface area contributed by atoms with Crippen molar-refractivity contribution in [3.63, 3.8) is 0 Å². The first-order valence-electron chi connectivity index (χ1n) is 9.46. The van der Waals surface area contributed by atoms with E-state index >= 15 is 0 Å². The Kier molecular flexibility index (Phi) is 4.66. The molecule has 29 heavy (non-hydrogen) atoms. The third kappa shape index (κ3) is 3.57. The highest BCUT2D eigenvalue weighted by atomic mass is 32.1. The lowest BCUT2D eigenvalue weighted by atomic mass is 9.99. The van der Waals surface area contributed by atoms with Crippen molar-refractivity contribution in [2.45, 2.75) is 12.5 Å². The van der Waals surface area contributed by atoms with E-state index in [0.717, 1.165) is 34.1 Å². The van der Waals surface area contributed by atoms with Crippen LogP contribution in [0.5, 0.6) is 0 Å². The molecule has 5 rings (SSSR count). The maximum atomic E-state index is 13.3. The summed E-state index contributed by atoms with van der Waals surface area (Å²) in [5.41, 5.74) is 5.13. The molecule has 1 aliphatic heterocycles. The number of hydrazone groups is 1.